The third-order valence-corrected chi connectivity index (χ3v) is 3.61. The summed E-state index contributed by atoms with van der Waals surface area (Å²) in [5.41, 5.74) is 1.10. The lowest BCUT2D eigenvalue weighted by atomic mass is 9.96. The largest absolute Gasteiger partial charge is 0.479 e. The lowest BCUT2D eigenvalue weighted by Gasteiger charge is -2.22. The molecule has 1 aromatic rings. The minimum absolute atomic E-state index is 0.104. The summed E-state index contributed by atoms with van der Waals surface area (Å²) in [6, 6.07) is 10.5. The van der Waals surface area contributed by atoms with E-state index in [1.165, 1.54) is 44.9 Å². The molecule has 0 radical (unpaired) electrons. The third-order valence-electron chi connectivity index (χ3n) is 3.61. The summed E-state index contributed by atoms with van der Waals surface area (Å²) in [7, 11) is 0. The normalized spacial score (nSPS) is 17.0. The van der Waals surface area contributed by atoms with Gasteiger partial charge in [-0.1, -0.05) is 38.2 Å². The minimum Gasteiger partial charge on any atom is -0.479 e. The molecule has 2 rings (SSSR count). The highest BCUT2D eigenvalue weighted by molar-refractivity contribution is 5.48. The Morgan fingerprint density at radius 1 is 1.16 bits per heavy atom. The Labute approximate surface area is 115 Å². The van der Waals surface area contributed by atoms with Crippen LogP contribution in [0, 0.1) is 11.3 Å². The van der Waals surface area contributed by atoms with Crippen molar-refractivity contribution in [2.75, 3.05) is 11.9 Å². The zero-order valence-corrected chi connectivity index (χ0v) is 11.4. The van der Waals surface area contributed by atoms with Gasteiger partial charge in [0.15, 0.2) is 6.61 Å². The van der Waals surface area contributed by atoms with Crippen molar-refractivity contribution in [1.82, 2.24) is 0 Å². The molecule has 0 heterocycles. The van der Waals surface area contributed by atoms with E-state index in [4.69, 9.17) is 10.00 Å². The van der Waals surface area contributed by atoms with Gasteiger partial charge < -0.3 is 10.1 Å². The van der Waals surface area contributed by atoms with Gasteiger partial charge in [-0.2, -0.15) is 5.26 Å². The van der Waals surface area contributed by atoms with Crippen molar-refractivity contribution < 1.29 is 4.74 Å². The quantitative estimate of drug-likeness (QED) is 0.883. The Morgan fingerprint density at radius 3 is 2.63 bits per heavy atom. The van der Waals surface area contributed by atoms with Crippen LogP contribution in [0.4, 0.5) is 5.69 Å². The molecule has 1 aromatic carbocycles. The standard InChI is InChI=1S/C16H22N2O/c17-11-12-19-16-10-6-9-15(13-16)18-14-7-4-2-1-3-5-8-14/h6,9-10,13-14,18H,1-5,7-8,12H2. The van der Waals surface area contributed by atoms with Gasteiger partial charge in [0.2, 0.25) is 0 Å². The second kappa shape index (κ2) is 7.68. The second-order valence-corrected chi connectivity index (χ2v) is 5.16. The molecular weight excluding hydrogens is 236 g/mol. The zero-order chi connectivity index (χ0) is 13.3. The molecule has 0 bridgehead atoms. The first-order valence-corrected chi connectivity index (χ1v) is 7.25. The predicted octanol–water partition coefficient (Wildman–Crippen LogP) is 4.11. The number of nitrogens with zero attached hydrogens (tertiary/aromatic N) is 1. The lowest BCUT2D eigenvalue weighted by molar-refractivity contribution is 0.368. The highest BCUT2D eigenvalue weighted by atomic mass is 16.5. The van der Waals surface area contributed by atoms with E-state index in [2.05, 4.69) is 11.4 Å². The molecule has 0 atom stereocenters. The van der Waals surface area contributed by atoms with Crippen molar-refractivity contribution >= 4 is 5.69 Å². The average Bonchev–Trinajstić information content (AvgIpc) is 2.40. The number of ether oxygens (including phenoxy) is 1. The van der Waals surface area contributed by atoms with Gasteiger partial charge in [0, 0.05) is 17.8 Å². The van der Waals surface area contributed by atoms with Crippen LogP contribution in [0.1, 0.15) is 44.9 Å². The average molecular weight is 258 g/mol. The predicted molar refractivity (Wildman–Crippen MR) is 77.3 cm³/mol. The highest BCUT2D eigenvalue weighted by Crippen LogP contribution is 2.23. The van der Waals surface area contributed by atoms with E-state index >= 15 is 0 Å². The maximum atomic E-state index is 8.53. The SMILES string of the molecule is N#CCOc1cccc(NC2CCCCCCC2)c1. The Kier molecular flexibility index (Phi) is 5.55. The van der Waals surface area contributed by atoms with Gasteiger partial charge in [-0.25, -0.2) is 0 Å². The summed E-state index contributed by atoms with van der Waals surface area (Å²) in [6.07, 6.45) is 9.27. The molecule has 0 aliphatic heterocycles. The van der Waals surface area contributed by atoms with Gasteiger partial charge in [0.05, 0.1) is 0 Å². The molecule has 1 N–H and O–H groups in total. The fourth-order valence-electron chi connectivity index (χ4n) is 2.63. The van der Waals surface area contributed by atoms with E-state index in [0.717, 1.165) is 11.4 Å². The third kappa shape index (κ3) is 4.82. The molecule has 1 aliphatic rings. The first-order valence-electron chi connectivity index (χ1n) is 7.25. The molecule has 19 heavy (non-hydrogen) atoms. The van der Waals surface area contributed by atoms with Gasteiger partial charge in [0.1, 0.15) is 11.8 Å². The van der Waals surface area contributed by atoms with Crippen LogP contribution in [-0.2, 0) is 0 Å². The monoisotopic (exact) mass is 258 g/mol. The number of anilines is 1. The second-order valence-electron chi connectivity index (χ2n) is 5.16. The molecule has 0 amide bonds. The Morgan fingerprint density at radius 2 is 1.89 bits per heavy atom. The van der Waals surface area contributed by atoms with Crippen molar-refractivity contribution in [2.45, 2.75) is 51.0 Å². The lowest BCUT2D eigenvalue weighted by Crippen LogP contribution is -2.20. The highest BCUT2D eigenvalue weighted by Gasteiger charge is 2.11. The fraction of sp³-hybridized carbons (Fsp3) is 0.562. The number of hydrogen-bond donors (Lipinski definition) is 1. The van der Waals surface area contributed by atoms with E-state index in [-0.39, 0.29) is 6.61 Å². The van der Waals surface area contributed by atoms with Crippen LogP contribution < -0.4 is 10.1 Å². The van der Waals surface area contributed by atoms with Crippen LogP contribution in [0.5, 0.6) is 5.75 Å². The Hall–Kier alpha value is -1.69. The molecule has 3 nitrogen and oxygen atoms in total. The minimum atomic E-state index is 0.104. The van der Waals surface area contributed by atoms with Gasteiger partial charge in [0.25, 0.3) is 0 Å². The first kappa shape index (κ1) is 13.7. The van der Waals surface area contributed by atoms with Crippen LogP contribution in [0.25, 0.3) is 0 Å². The van der Waals surface area contributed by atoms with Crippen LogP contribution >= 0.6 is 0 Å². The molecule has 0 saturated heterocycles. The summed E-state index contributed by atoms with van der Waals surface area (Å²) >= 11 is 0. The summed E-state index contributed by atoms with van der Waals surface area (Å²) in [5.74, 6) is 0.761. The Balaban J connectivity index is 1.91. The molecular formula is C16H22N2O. The van der Waals surface area contributed by atoms with E-state index < -0.39 is 0 Å². The van der Waals surface area contributed by atoms with E-state index in [0.29, 0.717) is 6.04 Å². The molecule has 0 unspecified atom stereocenters. The summed E-state index contributed by atoms with van der Waals surface area (Å²) < 4.78 is 5.33. The number of nitriles is 1. The van der Waals surface area contributed by atoms with Crippen molar-refractivity contribution in [3.05, 3.63) is 24.3 Å². The van der Waals surface area contributed by atoms with E-state index in [1.807, 2.05) is 24.3 Å². The van der Waals surface area contributed by atoms with Crippen LogP contribution in [0.15, 0.2) is 24.3 Å². The fourth-order valence-corrected chi connectivity index (χ4v) is 2.63. The smallest absolute Gasteiger partial charge is 0.174 e. The maximum Gasteiger partial charge on any atom is 0.174 e. The number of rotatable bonds is 4. The summed E-state index contributed by atoms with van der Waals surface area (Å²) in [5, 5.41) is 12.1. The van der Waals surface area contributed by atoms with Crippen molar-refractivity contribution in [3.63, 3.8) is 0 Å². The van der Waals surface area contributed by atoms with Crippen molar-refractivity contribution in [2.24, 2.45) is 0 Å². The molecule has 0 aromatic heterocycles. The van der Waals surface area contributed by atoms with Gasteiger partial charge in [-0.05, 0) is 25.0 Å². The van der Waals surface area contributed by atoms with Crippen molar-refractivity contribution in [1.29, 1.82) is 5.26 Å². The van der Waals surface area contributed by atoms with E-state index in [9.17, 15) is 0 Å². The number of hydrogen-bond acceptors (Lipinski definition) is 3. The van der Waals surface area contributed by atoms with Crippen molar-refractivity contribution in [3.8, 4) is 11.8 Å². The zero-order valence-electron chi connectivity index (χ0n) is 11.4. The van der Waals surface area contributed by atoms with Gasteiger partial charge >= 0.3 is 0 Å². The van der Waals surface area contributed by atoms with E-state index in [1.54, 1.807) is 0 Å². The number of nitrogens with one attached hydrogen (secondary N) is 1. The van der Waals surface area contributed by atoms with Crippen LogP contribution in [0.3, 0.4) is 0 Å². The maximum absolute atomic E-state index is 8.53. The van der Waals surface area contributed by atoms with Crippen LogP contribution in [0.2, 0.25) is 0 Å². The van der Waals surface area contributed by atoms with Gasteiger partial charge in [-0.3, -0.25) is 0 Å². The molecule has 1 saturated carbocycles. The van der Waals surface area contributed by atoms with Gasteiger partial charge in [-0.15, -0.1) is 0 Å². The first-order chi connectivity index (χ1) is 9.38. The summed E-state index contributed by atoms with van der Waals surface area (Å²) in [6.45, 7) is 0.104. The Bertz CT molecular complexity index is 417. The molecule has 1 fully saturated rings. The molecule has 0 spiro atoms. The molecule has 102 valence electrons. The molecule has 3 heteroatoms. The number of benzene rings is 1. The molecule has 1 aliphatic carbocycles. The summed E-state index contributed by atoms with van der Waals surface area (Å²) in [4.78, 5) is 0. The topological polar surface area (TPSA) is 45.0 Å². The van der Waals surface area contributed by atoms with Crippen LogP contribution in [-0.4, -0.2) is 12.6 Å².